The van der Waals surface area contributed by atoms with Gasteiger partial charge in [0.25, 0.3) is 0 Å². The predicted molar refractivity (Wildman–Crippen MR) is 114 cm³/mol. The molecule has 0 aliphatic carbocycles. The number of hydrazone groups is 1. The molecule has 136 valence electrons. The Morgan fingerprint density at radius 3 is 2.64 bits per heavy atom. The number of fused-ring (bicyclic) bond motifs is 4. The molecule has 0 amide bonds. The van der Waals surface area contributed by atoms with Crippen molar-refractivity contribution in [2.24, 2.45) is 5.10 Å². The molecule has 6 rings (SSSR count). The Morgan fingerprint density at radius 2 is 1.75 bits per heavy atom. The normalized spacial score (nSPS) is 20.4. The average molecular weight is 382 g/mol. The molecule has 1 aromatic heterocycles. The number of hydrogen-bond donors (Lipinski definition) is 0. The third kappa shape index (κ3) is 2.45. The second-order valence-corrected chi connectivity index (χ2v) is 8.21. The molecule has 0 unspecified atom stereocenters. The molecular weight excluding hydrogens is 364 g/mol. The van der Waals surface area contributed by atoms with Crippen molar-refractivity contribution in [3.05, 3.63) is 100 Å². The predicted octanol–water partition coefficient (Wildman–Crippen LogP) is 6.14. The van der Waals surface area contributed by atoms with E-state index in [-0.39, 0.29) is 12.3 Å². The van der Waals surface area contributed by atoms with Crippen LogP contribution in [0.1, 0.15) is 34.7 Å². The largest absolute Gasteiger partial charge is 0.464 e. The molecule has 4 heteroatoms. The standard InChI is InChI=1S/C24H18N2OS/c1-2-7-17-14-18(12-11-16(17)6-1)20-15-21-19-8-3-4-9-22(19)27-24(26(21)25-20)23-10-5-13-28-23/h1-14,21,24H,15H2/t21-,24+/m1/s1. The molecule has 0 spiro atoms. The van der Waals surface area contributed by atoms with Crippen LogP contribution in [0.3, 0.4) is 0 Å². The highest BCUT2D eigenvalue weighted by atomic mass is 32.1. The lowest BCUT2D eigenvalue weighted by Crippen LogP contribution is -2.33. The van der Waals surface area contributed by atoms with Crippen molar-refractivity contribution in [1.82, 2.24) is 5.01 Å². The maximum atomic E-state index is 6.37. The summed E-state index contributed by atoms with van der Waals surface area (Å²) in [6.07, 6.45) is 0.721. The van der Waals surface area contributed by atoms with Crippen LogP contribution in [0.25, 0.3) is 10.8 Å². The number of hydrogen-bond acceptors (Lipinski definition) is 4. The number of ether oxygens (including phenoxy) is 1. The quantitative estimate of drug-likeness (QED) is 0.416. The van der Waals surface area contributed by atoms with Gasteiger partial charge in [0.2, 0.25) is 6.23 Å². The minimum absolute atomic E-state index is 0.169. The van der Waals surface area contributed by atoms with Crippen molar-refractivity contribution in [2.75, 3.05) is 0 Å². The fraction of sp³-hybridized carbons (Fsp3) is 0.125. The van der Waals surface area contributed by atoms with Gasteiger partial charge in [-0.15, -0.1) is 11.3 Å². The summed E-state index contributed by atoms with van der Waals surface area (Å²) >= 11 is 1.72. The highest BCUT2D eigenvalue weighted by molar-refractivity contribution is 7.10. The minimum atomic E-state index is -0.169. The summed E-state index contributed by atoms with van der Waals surface area (Å²) in [4.78, 5) is 1.18. The Bertz CT molecular complexity index is 1200. The molecule has 0 saturated carbocycles. The fourth-order valence-electron chi connectivity index (χ4n) is 4.20. The molecule has 0 bridgehead atoms. The van der Waals surface area contributed by atoms with Gasteiger partial charge < -0.3 is 4.74 Å². The number of thiophene rings is 1. The molecule has 3 heterocycles. The molecule has 0 fully saturated rings. The second-order valence-electron chi connectivity index (χ2n) is 7.23. The zero-order chi connectivity index (χ0) is 18.5. The van der Waals surface area contributed by atoms with Crippen molar-refractivity contribution in [2.45, 2.75) is 18.7 Å². The first-order chi connectivity index (χ1) is 13.9. The summed E-state index contributed by atoms with van der Waals surface area (Å²) in [5.74, 6) is 0.970. The van der Waals surface area contributed by atoms with Crippen LogP contribution in [0.2, 0.25) is 0 Å². The molecule has 28 heavy (non-hydrogen) atoms. The smallest absolute Gasteiger partial charge is 0.222 e. The van der Waals surface area contributed by atoms with Gasteiger partial charge in [-0.2, -0.15) is 5.10 Å². The van der Waals surface area contributed by atoms with E-state index in [2.05, 4.69) is 83.2 Å². The first-order valence-electron chi connectivity index (χ1n) is 9.51. The van der Waals surface area contributed by atoms with Crippen molar-refractivity contribution in [1.29, 1.82) is 0 Å². The van der Waals surface area contributed by atoms with E-state index < -0.39 is 0 Å². The summed E-state index contributed by atoms with van der Waals surface area (Å²) in [7, 11) is 0. The Balaban J connectivity index is 1.45. The van der Waals surface area contributed by atoms with Crippen LogP contribution < -0.4 is 4.74 Å². The molecule has 3 aromatic carbocycles. The van der Waals surface area contributed by atoms with Crippen LogP contribution >= 0.6 is 11.3 Å². The van der Waals surface area contributed by atoms with Crippen LogP contribution in [-0.2, 0) is 0 Å². The molecule has 0 saturated heterocycles. The van der Waals surface area contributed by atoms with Crippen LogP contribution in [0.5, 0.6) is 5.75 Å². The third-order valence-electron chi connectivity index (χ3n) is 5.57. The maximum absolute atomic E-state index is 6.37. The molecule has 4 aromatic rings. The maximum Gasteiger partial charge on any atom is 0.222 e. The molecule has 0 N–H and O–H groups in total. The summed E-state index contributed by atoms with van der Waals surface area (Å²) in [6.45, 7) is 0. The van der Waals surface area contributed by atoms with E-state index in [1.165, 1.54) is 26.8 Å². The van der Waals surface area contributed by atoms with Gasteiger partial charge in [-0.05, 0) is 39.9 Å². The zero-order valence-electron chi connectivity index (χ0n) is 15.2. The monoisotopic (exact) mass is 382 g/mol. The Morgan fingerprint density at radius 1 is 0.893 bits per heavy atom. The SMILES string of the molecule is c1csc([C@@H]2Oc3ccccc3[C@H]3CC(c4ccc5ccccc5c4)=NN32)c1. The summed E-state index contributed by atoms with van der Waals surface area (Å²) < 4.78 is 6.37. The van der Waals surface area contributed by atoms with Crippen molar-refractivity contribution in [3.63, 3.8) is 0 Å². The van der Waals surface area contributed by atoms with Crippen molar-refractivity contribution in [3.8, 4) is 5.75 Å². The van der Waals surface area contributed by atoms with Crippen molar-refractivity contribution < 1.29 is 4.74 Å². The number of benzene rings is 3. The first kappa shape index (κ1) is 15.9. The van der Waals surface area contributed by atoms with E-state index >= 15 is 0 Å². The van der Waals surface area contributed by atoms with E-state index in [0.29, 0.717) is 0 Å². The Hall–Kier alpha value is -3.11. The van der Waals surface area contributed by atoms with Crippen LogP contribution in [-0.4, -0.2) is 10.7 Å². The van der Waals surface area contributed by atoms with Gasteiger partial charge in [0, 0.05) is 12.0 Å². The minimum Gasteiger partial charge on any atom is -0.464 e. The van der Waals surface area contributed by atoms with E-state index in [9.17, 15) is 0 Å². The molecule has 2 atom stereocenters. The summed E-state index contributed by atoms with van der Waals surface area (Å²) in [5, 5.41) is 11.8. The lowest BCUT2D eigenvalue weighted by atomic mass is 9.95. The first-order valence-corrected chi connectivity index (χ1v) is 10.4. The summed E-state index contributed by atoms with van der Waals surface area (Å²) in [5.41, 5.74) is 3.53. The lowest BCUT2D eigenvalue weighted by Gasteiger charge is -2.37. The van der Waals surface area contributed by atoms with E-state index in [1.54, 1.807) is 11.3 Å². The number of rotatable bonds is 2. The molecular formula is C24H18N2OS. The highest BCUT2D eigenvalue weighted by Crippen LogP contribution is 2.48. The van der Waals surface area contributed by atoms with E-state index in [1.807, 2.05) is 6.07 Å². The van der Waals surface area contributed by atoms with Gasteiger partial charge in [0.05, 0.1) is 16.6 Å². The molecule has 0 radical (unpaired) electrons. The Kier molecular flexibility index (Phi) is 3.53. The number of nitrogens with zero attached hydrogens (tertiary/aromatic N) is 2. The summed E-state index contributed by atoms with van der Waals surface area (Å²) in [6, 6.07) is 27.9. The Labute approximate surface area is 167 Å². The van der Waals surface area contributed by atoms with Crippen molar-refractivity contribution >= 4 is 27.8 Å². The van der Waals surface area contributed by atoms with Gasteiger partial charge in [-0.25, -0.2) is 5.01 Å². The number of para-hydroxylation sites is 1. The molecule has 3 nitrogen and oxygen atoms in total. The highest BCUT2D eigenvalue weighted by Gasteiger charge is 2.41. The molecule has 2 aliphatic heterocycles. The average Bonchev–Trinajstić information content (AvgIpc) is 3.43. The zero-order valence-corrected chi connectivity index (χ0v) is 16.0. The third-order valence-corrected chi connectivity index (χ3v) is 6.47. The van der Waals surface area contributed by atoms with Gasteiger partial charge in [0.1, 0.15) is 5.75 Å². The lowest BCUT2D eigenvalue weighted by molar-refractivity contribution is -0.0165. The van der Waals surface area contributed by atoms with Crippen LogP contribution in [0, 0.1) is 0 Å². The van der Waals surface area contributed by atoms with Gasteiger partial charge in [-0.3, -0.25) is 0 Å². The van der Waals surface area contributed by atoms with E-state index in [0.717, 1.165) is 17.9 Å². The van der Waals surface area contributed by atoms with Crippen LogP contribution in [0.15, 0.2) is 89.3 Å². The van der Waals surface area contributed by atoms with Gasteiger partial charge in [0.15, 0.2) is 0 Å². The topological polar surface area (TPSA) is 24.8 Å². The second kappa shape index (κ2) is 6.21. The van der Waals surface area contributed by atoms with Crippen LogP contribution in [0.4, 0.5) is 0 Å². The van der Waals surface area contributed by atoms with Gasteiger partial charge in [-0.1, -0.05) is 60.7 Å². The van der Waals surface area contributed by atoms with E-state index in [4.69, 9.17) is 9.84 Å². The molecule has 2 aliphatic rings. The fourth-order valence-corrected chi connectivity index (χ4v) is 4.94. The van der Waals surface area contributed by atoms with Gasteiger partial charge >= 0.3 is 0 Å².